The SMILES string of the molecule is C.c1cc(-c2ccc3c(c2)c2ccc4cccnc4c2c2nc4ccccc4n32)cc(-c2ccc3c4c(cccc24)-c2ccccc2-3)c1.c1ccc(N(c2ccc(-c3ccc4c(c3)c3ccc5cccnc5c3c3nc5ccccc5n43)cc2)c2cccc3ccccc23)cc1.c1ccc2c(c1)-c1ccccc1C21c2ccccc2-c2ccc(-c3ccc4c(c3)c3ccc5cccnc5c3c3nc5ccccc5n43)cc21. The molecule has 146 heavy (non-hydrogen) atoms. The van der Waals surface area contributed by atoms with Crippen LogP contribution >= 0.6 is 0 Å². The zero-order valence-electron chi connectivity index (χ0n) is 78.2. The maximum atomic E-state index is 5.18. The van der Waals surface area contributed by atoms with E-state index in [0.29, 0.717) is 0 Å². The van der Waals surface area contributed by atoms with Crippen molar-refractivity contribution in [3.8, 4) is 89.0 Å². The summed E-state index contributed by atoms with van der Waals surface area (Å²) in [5.41, 5.74) is 44.1. The Kier molecular flexibility index (Phi) is 18.1. The Bertz CT molecular complexity index is 10800. The van der Waals surface area contributed by atoms with E-state index in [0.717, 1.165) is 149 Å². The fourth-order valence-corrected chi connectivity index (χ4v) is 24.9. The van der Waals surface area contributed by atoms with E-state index in [-0.39, 0.29) is 12.8 Å². The minimum atomic E-state index is -0.370. The summed E-state index contributed by atoms with van der Waals surface area (Å²) in [4.78, 5) is 32.4. The van der Waals surface area contributed by atoms with Crippen LogP contribution < -0.4 is 4.90 Å². The van der Waals surface area contributed by atoms with Crippen molar-refractivity contribution in [3.63, 3.8) is 0 Å². The van der Waals surface area contributed by atoms with Gasteiger partial charge in [-0.25, -0.2) is 15.0 Å². The number of anilines is 3. The van der Waals surface area contributed by atoms with Gasteiger partial charge in [0.2, 0.25) is 0 Å². The molecule has 678 valence electrons. The van der Waals surface area contributed by atoms with E-state index >= 15 is 0 Å². The normalized spacial score (nSPS) is 12.5. The van der Waals surface area contributed by atoms with Crippen molar-refractivity contribution < 1.29 is 0 Å². The Morgan fingerprint density at radius 1 is 0.192 bits per heavy atom. The Morgan fingerprint density at radius 3 is 1.07 bits per heavy atom. The van der Waals surface area contributed by atoms with Gasteiger partial charge in [0, 0.05) is 67.7 Å². The van der Waals surface area contributed by atoms with E-state index < -0.39 is 0 Å². The Balaban J connectivity index is 0.000000101. The zero-order valence-corrected chi connectivity index (χ0v) is 78.2. The summed E-state index contributed by atoms with van der Waals surface area (Å²) >= 11 is 0. The number of para-hydroxylation sites is 7. The molecular weight excluding hydrogens is 1770 g/mol. The van der Waals surface area contributed by atoms with Crippen LogP contribution in [0.4, 0.5) is 17.1 Å². The summed E-state index contributed by atoms with van der Waals surface area (Å²) in [6.07, 6.45) is 5.64. The summed E-state index contributed by atoms with van der Waals surface area (Å²) in [7, 11) is 0. The third-order valence-electron chi connectivity index (χ3n) is 31.1. The molecule has 1 spiro atoms. The third-order valence-corrected chi connectivity index (χ3v) is 31.1. The van der Waals surface area contributed by atoms with Crippen molar-refractivity contribution in [2.24, 2.45) is 0 Å². The largest absolute Gasteiger partial charge is 0.310 e. The molecule has 3 aliphatic carbocycles. The van der Waals surface area contributed by atoms with E-state index in [2.05, 4.69) is 467 Å². The molecule has 0 fully saturated rings. The van der Waals surface area contributed by atoms with Gasteiger partial charge >= 0.3 is 0 Å². The fraction of sp³-hybridized carbons (Fsp3) is 0.0147. The molecule has 0 radical (unpaired) electrons. The van der Waals surface area contributed by atoms with Gasteiger partial charge in [-0.3, -0.25) is 28.2 Å². The Morgan fingerprint density at radius 2 is 0.548 bits per heavy atom. The molecule has 0 aliphatic heterocycles. The maximum Gasteiger partial charge on any atom is 0.148 e. The molecule has 33 rings (SSSR count). The van der Waals surface area contributed by atoms with Crippen LogP contribution in [0.3, 0.4) is 0 Å². The lowest BCUT2D eigenvalue weighted by atomic mass is 9.70. The first-order valence-electron chi connectivity index (χ1n) is 49.6. The van der Waals surface area contributed by atoms with Crippen molar-refractivity contribution in [2.75, 3.05) is 4.90 Å². The number of hydrogen-bond donors (Lipinski definition) is 0. The average molecular weight is 1860 g/mol. The van der Waals surface area contributed by atoms with Gasteiger partial charge in [-0.15, -0.1) is 0 Å². The predicted octanol–water partition coefficient (Wildman–Crippen LogP) is 35.1. The smallest absolute Gasteiger partial charge is 0.148 e. The van der Waals surface area contributed by atoms with Crippen LogP contribution in [-0.4, -0.2) is 43.1 Å². The number of hydrogen-bond acceptors (Lipinski definition) is 7. The quantitative estimate of drug-likeness (QED) is 0.147. The lowest BCUT2D eigenvalue weighted by molar-refractivity contribution is 0.794. The summed E-state index contributed by atoms with van der Waals surface area (Å²) in [5.74, 6) is 0. The zero-order chi connectivity index (χ0) is 94.8. The molecule has 10 nitrogen and oxygen atoms in total. The standard InChI is InChI=1S/C47H27N3.C44H28N4.C44H25N3.CH4/c1-4-14-37-31(11-1)32-12-2-5-15-38(32)47(37)39-16-6-3-13-33(39)34-22-20-30(27-40(34)47)29-21-24-42-36(26-29)35-23-19-28-10-9-25-48-45(28)44(35)46-49-41-17-7-8-18-43(41)50(42)46;1-2-13-33(14-3-1)47(39-18-8-11-30-10-4-5-15-35(30)39)34-23-19-29(20-24-34)32-22-26-40-37(28-32)36-25-21-31-12-9-27-45-43(31)42(36)44-46-38-16-6-7-17-41(38)48(40)44;1-2-12-32-31(11-1)34-14-6-13-33-30(20-21-35(32)41(33)34)29-9-5-8-27(24-29)28-18-22-39-37(25-28)36-19-17-26-10-7-23-45-43(26)42(36)44-46-38-15-3-4-16-40(38)47(39)44;/h1-27H;1-28H;1-25H;1H4. The van der Waals surface area contributed by atoms with Crippen molar-refractivity contribution >= 4 is 186 Å². The van der Waals surface area contributed by atoms with Crippen LogP contribution in [0.5, 0.6) is 0 Å². The molecule has 3 aliphatic rings. The second kappa shape index (κ2) is 32.1. The van der Waals surface area contributed by atoms with Gasteiger partial charge in [0.15, 0.2) is 0 Å². The molecule has 0 unspecified atom stereocenters. The van der Waals surface area contributed by atoms with Gasteiger partial charge < -0.3 is 4.90 Å². The van der Waals surface area contributed by atoms with Gasteiger partial charge in [0.1, 0.15) is 16.9 Å². The first-order chi connectivity index (χ1) is 71.9. The Labute approximate surface area is 838 Å². The molecule has 0 amide bonds. The van der Waals surface area contributed by atoms with E-state index in [1.165, 1.54) is 149 Å². The van der Waals surface area contributed by atoms with Crippen LogP contribution in [0.15, 0.2) is 486 Å². The summed E-state index contributed by atoms with van der Waals surface area (Å²) < 4.78 is 6.94. The number of pyridine rings is 6. The lowest BCUT2D eigenvalue weighted by Crippen LogP contribution is -2.25. The monoisotopic (exact) mass is 1860 g/mol. The lowest BCUT2D eigenvalue weighted by Gasteiger charge is -2.30. The molecule has 0 N–H and O–H groups in total. The van der Waals surface area contributed by atoms with E-state index in [1.54, 1.807) is 0 Å². The van der Waals surface area contributed by atoms with Crippen LogP contribution in [0, 0.1) is 0 Å². The van der Waals surface area contributed by atoms with Crippen LogP contribution in [-0.2, 0) is 5.41 Å². The molecule has 0 saturated carbocycles. The highest BCUT2D eigenvalue weighted by Gasteiger charge is 2.52. The summed E-state index contributed by atoms with van der Waals surface area (Å²) in [6, 6.07) is 169. The highest BCUT2D eigenvalue weighted by atomic mass is 15.1. The topological polar surface area (TPSA) is 93.8 Å². The predicted molar refractivity (Wildman–Crippen MR) is 608 cm³/mol. The highest BCUT2D eigenvalue weighted by molar-refractivity contribution is 6.27. The molecular formula is C136H84N10. The van der Waals surface area contributed by atoms with Crippen molar-refractivity contribution in [1.29, 1.82) is 0 Å². The highest BCUT2D eigenvalue weighted by Crippen LogP contribution is 2.64. The van der Waals surface area contributed by atoms with Crippen molar-refractivity contribution in [2.45, 2.75) is 12.8 Å². The molecule has 0 bridgehead atoms. The Hall–Kier alpha value is -19.4. The molecule has 9 heterocycles. The molecule has 10 heteroatoms. The van der Waals surface area contributed by atoms with Gasteiger partial charge in [-0.1, -0.05) is 341 Å². The fourth-order valence-electron chi connectivity index (χ4n) is 24.9. The van der Waals surface area contributed by atoms with Crippen molar-refractivity contribution in [1.82, 2.24) is 43.1 Å². The van der Waals surface area contributed by atoms with Gasteiger partial charge in [-0.2, -0.15) is 0 Å². The molecule has 0 atom stereocenters. The number of imidazole rings is 3. The summed E-state index contributed by atoms with van der Waals surface area (Å²) in [5, 5.41) is 18.7. The van der Waals surface area contributed by atoms with Crippen LogP contribution in [0.1, 0.15) is 29.7 Å². The number of aromatic nitrogens is 9. The second-order valence-corrected chi connectivity index (χ2v) is 38.5. The minimum absolute atomic E-state index is 0. The number of benzene rings is 21. The first kappa shape index (κ1) is 82.5. The van der Waals surface area contributed by atoms with Gasteiger partial charge in [-0.05, 0) is 277 Å². The third kappa shape index (κ3) is 12.0. The minimum Gasteiger partial charge on any atom is -0.310 e. The molecule has 9 aromatic heterocycles. The number of nitrogens with zero attached hydrogens (tertiary/aromatic N) is 10. The summed E-state index contributed by atoms with van der Waals surface area (Å²) in [6.45, 7) is 0. The van der Waals surface area contributed by atoms with E-state index in [9.17, 15) is 0 Å². The molecule has 0 saturated heterocycles. The van der Waals surface area contributed by atoms with Gasteiger partial charge in [0.25, 0.3) is 0 Å². The van der Waals surface area contributed by atoms with E-state index in [4.69, 9.17) is 29.9 Å². The number of rotatable bonds is 7. The first-order valence-corrected chi connectivity index (χ1v) is 49.6. The van der Waals surface area contributed by atoms with E-state index in [1.807, 2.05) is 36.8 Å². The second-order valence-electron chi connectivity index (χ2n) is 38.5. The van der Waals surface area contributed by atoms with Crippen LogP contribution in [0.2, 0.25) is 0 Å². The number of fused-ring (bicyclic) bond motifs is 44. The molecule has 21 aromatic carbocycles. The molecule has 30 aromatic rings. The average Bonchev–Trinajstić information content (AvgIpc) is 1.50. The van der Waals surface area contributed by atoms with Crippen molar-refractivity contribution in [3.05, 3.63) is 508 Å². The van der Waals surface area contributed by atoms with Gasteiger partial charge in [0.05, 0.1) is 93.5 Å². The van der Waals surface area contributed by atoms with Crippen LogP contribution in [0.25, 0.3) is 258 Å². The maximum absolute atomic E-state index is 5.18.